The molecule has 0 aromatic rings. The minimum Gasteiger partial charge on any atom is -0.336 e. The van der Waals surface area contributed by atoms with Crippen molar-refractivity contribution in [3.63, 3.8) is 0 Å². The molecule has 1 saturated heterocycles. The van der Waals surface area contributed by atoms with Gasteiger partial charge in [-0.3, -0.25) is 4.79 Å². The van der Waals surface area contributed by atoms with Gasteiger partial charge in [0, 0.05) is 12.6 Å². The van der Waals surface area contributed by atoms with Gasteiger partial charge in [0.2, 0.25) is 5.91 Å². The lowest BCUT2D eigenvalue weighted by atomic mass is 10.2. The van der Waals surface area contributed by atoms with Gasteiger partial charge in [0.05, 0.1) is 0 Å². The van der Waals surface area contributed by atoms with Crippen LogP contribution in [0, 0.1) is 0 Å². The molecule has 76 valence electrons. The normalized spacial score (nSPS) is 20.5. The van der Waals surface area contributed by atoms with Crippen LogP contribution in [0.2, 0.25) is 0 Å². The predicted molar refractivity (Wildman–Crippen MR) is 55.6 cm³/mol. The van der Waals surface area contributed by atoms with Crippen LogP contribution < -0.4 is 5.32 Å². The van der Waals surface area contributed by atoms with Crippen molar-refractivity contribution in [1.82, 2.24) is 10.2 Å². The molecular formula is C10H20N2O. The van der Waals surface area contributed by atoms with Crippen LogP contribution in [0.1, 0.15) is 19.8 Å². The zero-order valence-corrected chi connectivity index (χ0v) is 8.84. The van der Waals surface area contributed by atoms with E-state index in [2.05, 4.69) is 18.8 Å². The van der Waals surface area contributed by atoms with E-state index in [9.17, 15) is 4.79 Å². The number of hydrogen-bond acceptors (Lipinski definition) is 2. The SMILES string of the molecule is C=CC(=O)N1CCCC1C.CNC. The summed E-state index contributed by atoms with van der Waals surface area (Å²) >= 11 is 0. The van der Waals surface area contributed by atoms with Crippen molar-refractivity contribution in [3.05, 3.63) is 12.7 Å². The van der Waals surface area contributed by atoms with Gasteiger partial charge in [0.15, 0.2) is 0 Å². The van der Waals surface area contributed by atoms with Crippen LogP contribution in [0.5, 0.6) is 0 Å². The number of hydrogen-bond donors (Lipinski definition) is 1. The zero-order valence-electron chi connectivity index (χ0n) is 8.84. The third kappa shape index (κ3) is 4.08. The Balaban J connectivity index is 0.000000424. The fraction of sp³-hybridized carbons (Fsp3) is 0.700. The van der Waals surface area contributed by atoms with Crippen molar-refractivity contribution in [2.45, 2.75) is 25.8 Å². The van der Waals surface area contributed by atoms with E-state index in [1.54, 1.807) is 0 Å². The standard InChI is InChI=1S/C8H13NO.C2H7N/c1-3-8(10)9-6-4-5-7(9)2;1-3-2/h3,7H,1,4-6H2,2H3;3H,1-2H3. The summed E-state index contributed by atoms with van der Waals surface area (Å²) in [5.41, 5.74) is 0. The Hall–Kier alpha value is -0.830. The molecule has 0 saturated carbocycles. The largest absolute Gasteiger partial charge is 0.336 e. The summed E-state index contributed by atoms with van der Waals surface area (Å²) in [6, 6.07) is 0.422. The molecule has 1 aliphatic rings. The average molecular weight is 184 g/mol. The molecule has 1 fully saturated rings. The molecule has 0 aromatic carbocycles. The van der Waals surface area contributed by atoms with Gasteiger partial charge >= 0.3 is 0 Å². The second-order valence-electron chi connectivity index (χ2n) is 3.23. The summed E-state index contributed by atoms with van der Waals surface area (Å²) in [6.07, 6.45) is 3.67. The van der Waals surface area contributed by atoms with Crippen molar-refractivity contribution < 1.29 is 4.79 Å². The van der Waals surface area contributed by atoms with Crippen molar-refractivity contribution >= 4 is 5.91 Å². The summed E-state index contributed by atoms with van der Waals surface area (Å²) < 4.78 is 0. The van der Waals surface area contributed by atoms with Crippen molar-refractivity contribution in [2.75, 3.05) is 20.6 Å². The van der Waals surface area contributed by atoms with Gasteiger partial charge < -0.3 is 10.2 Å². The third-order valence-corrected chi connectivity index (χ3v) is 2.01. The van der Waals surface area contributed by atoms with Gasteiger partial charge in [-0.15, -0.1) is 0 Å². The van der Waals surface area contributed by atoms with E-state index in [4.69, 9.17) is 0 Å². The van der Waals surface area contributed by atoms with E-state index in [1.165, 1.54) is 6.08 Å². The van der Waals surface area contributed by atoms with Crippen LogP contribution in [-0.2, 0) is 4.79 Å². The number of likely N-dealkylation sites (tertiary alicyclic amines) is 1. The van der Waals surface area contributed by atoms with Gasteiger partial charge in [0.1, 0.15) is 0 Å². The molecule has 0 bridgehead atoms. The summed E-state index contributed by atoms with van der Waals surface area (Å²) in [6.45, 7) is 6.43. The first-order chi connectivity index (χ1) is 6.17. The van der Waals surface area contributed by atoms with E-state index in [0.29, 0.717) is 6.04 Å². The number of amides is 1. The van der Waals surface area contributed by atoms with Crippen LogP contribution in [0.3, 0.4) is 0 Å². The topological polar surface area (TPSA) is 32.3 Å². The molecule has 3 nitrogen and oxygen atoms in total. The first-order valence-electron chi connectivity index (χ1n) is 4.68. The van der Waals surface area contributed by atoms with Gasteiger partial charge in [-0.25, -0.2) is 0 Å². The third-order valence-electron chi connectivity index (χ3n) is 2.01. The van der Waals surface area contributed by atoms with Gasteiger partial charge in [-0.1, -0.05) is 6.58 Å². The molecule has 1 aliphatic heterocycles. The summed E-state index contributed by atoms with van der Waals surface area (Å²) in [5, 5.41) is 2.75. The lowest BCUT2D eigenvalue weighted by molar-refractivity contribution is -0.126. The second-order valence-corrected chi connectivity index (χ2v) is 3.23. The second kappa shape index (κ2) is 6.66. The molecule has 0 aliphatic carbocycles. The van der Waals surface area contributed by atoms with Crippen LogP contribution >= 0.6 is 0 Å². The first kappa shape index (κ1) is 12.2. The maximum absolute atomic E-state index is 11.0. The maximum atomic E-state index is 11.0. The van der Waals surface area contributed by atoms with E-state index >= 15 is 0 Å². The molecule has 1 rings (SSSR count). The Kier molecular flexibility index (Phi) is 6.24. The molecule has 1 amide bonds. The first-order valence-corrected chi connectivity index (χ1v) is 4.68. The van der Waals surface area contributed by atoms with Crippen LogP contribution in [0.15, 0.2) is 12.7 Å². The Morgan fingerprint density at radius 3 is 2.46 bits per heavy atom. The Labute approximate surface area is 80.8 Å². The zero-order chi connectivity index (χ0) is 10.3. The lowest BCUT2D eigenvalue weighted by Crippen LogP contribution is -2.31. The fourth-order valence-electron chi connectivity index (χ4n) is 1.38. The average Bonchev–Trinajstić information content (AvgIpc) is 2.52. The highest BCUT2D eigenvalue weighted by Crippen LogP contribution is 2.15. The highest BCUT2D eigenvalue weighted by atomic mass is 16.2. The number of rotatable bonds is 1. The van der Waals surface area contributed by atoms with Crippen molar-refractivity contribution in [1.29, 1.82) is 0 Å². The van der Waals surface area contributed by atoms with Crippen LogP contribution in [0.25, 0.3) is 0 Å². The Morgan fingerprint density at radius 1 is 1.62 bits per heavy atom. The predicted octanol–water partition coefficient (Wildman–Crippen LogP) is 1.02. The lowest BCUT2D eigenvalue weighted by Gasteiger charge is -2.18. The minimum atomic E-state index is 0.0741. The molecule has 1 unspecified atom stereocenters. The van der Waals surface area contributed by atoms with E-state index in [0.717, 1.165) is 19.4 Å². The molecule has 3 heteroatoms. The quantitative estimate of drug-likeness (QED) is 0.617. The summed E-state index contributed by atoms with van der Waals surface area (Å²) in [7, 11) is 3.75. The monoisotopic (exact) mass is 184 g/mol. The number of carbonyl (C=O) groups is 1. The molecular weight excluding hydrogens is 164 g/mol. The molecule has 0 radical (unpaired) electrons. The van der Waals surface area contributed by atoms with E-state index in [-0.39, 0.29) is 5.91 Å². The number of nitrogens with one attached hydrogen (secondary N) is 1. The smallest absolute Gasteiger partial charge is 0.246 e. The minimum absolute atomic E-state index is 0.0741. The summed E-state index contributed by atoms with van der Waals surface area (Å²) in [4.78, 5) is 12.9. The van der Waals surface area contributed by atoms with E-state index < -0.39 is 0 Å². The molecule has 0 spiro atoms. The van der Waals surface area contributed by atoms with Gasteiger partial charge in [0.25, 0.3) is 0 Å². The van der Waals surface area contributed by atoms with Crippen LogP contribution in [0.4, 0.5) is 0 Å². The highest BCUT2D eigenvalue weighted by molar-refractivity contribution is 5.87. The molecule has 13 heavy (non-hydrogen) atoms. The molecule has 1 N–H and O–H groups in total. The van der Waals surface area contributed by atoms with Crippen molar-refractivity contribution in [2.24, 2.45) is 0 Å². The Morgan fingerprint density at radius 2 is 2.15 bits per heavy atom. The Bertz CT molecular complexity index is 168. The van der Waals surface area contributed by atoms with Crippen LogP contribution in [-0.4, -0.2) is 37.5 Å². The van der Waals surface area contributed by atoms with Gasteiger partial charge in [-0.2, -0.15) is 0 Å². The molecule has 1 atom stereocenters. The number of nitrogens with zero attached hydrogens (tertiary/aromatic N) is 1. The molecule has 0 aromatic heterocycles. The maximum Gasteiger partial charge on any atom is 0.246 e. The highest BCUT2D eigenvalue weighted by Gasteiger charge is 2.22. The van der Waals surface area contributed by atoms with Crippen molar-refractivity contribution in [3.8, 4) is 0 Å². The summed E-state index contributed by atoms with van der Waals surface area (Å²) in [5.74, 6) is 0.0741. The molecule has 1 heterocycles. The van der Waals surface area contributed by atoms with E-state index in [1.807, 2.05) is 19.0 Å². The number of carbonyl (C=O) groups excluding carboxylic acids is 1. The van der Waals surface area contributed by atoms with Gasteiger partial charge in [-0.05, 0) is 39.9 Å². The fourth-order valence-corrected chi connectivity index (χ4v) is 1.38.